The zero-order chi connectivity index (χ0) is 13.8. The molecule has 0 atom stereocenters. The smallest absolute Gasteiger partial charge is 0.151 e. The summed E-state index contributed by atoms with van der Waals surface area (Å²) in [6.45, 7) is 0. The Kier molecular flexibility index (Phi) is 4.35. The van der Waals surface area contributed by atoms with Crippen LogP contribution >= 0.6 is 23.2 Å². The Morgan fingerprint density at radius 2 is 1.74 bits per heavy atom. The van der Waals surface area contributed by atoms with E-state index in [1.54, 1.807) is 18.2 Å². The zero-order valence-electron chi connectivity index (χ0n) is 9.50. The molecule has 2 rings (SSSR count). The molecule has 2 aromatic carbocycles. The van der Waals surface area contributed by atoms with Crippen molar-refractivity contribution < 1.29 is 8.78 Å². The Morgan fingerprint density at radius 3 is 2.37 bits per heavy atom. The summed E-state index contributed by atoms with van der Waals surface area (Å²) in [6.07, 6.45) is 1.37. The lowest BCUT2D eigenvalue weighted by Crippen LogP contribution is -1.95. The highest BCUT2D eigenvalue weighted by atomic mass is 35.5. The van der Waals surface area contributed by atoms with E-state index in [1.807, 2.05) is 0 Å². The zero-order valence-corrected chi connectivity index (χ0v) is 11.0. The van der Waals surface area contributed by atoms with Crippen LogP contribution in [0.3, 0.4) is 0 Å². The lowest BCUT2D eigenvalue weighted by Gasteiger charge is -2.03. The van der Waals surface area contributed by atoms with E-state index in [0.29, 0.717) is 15.6 Å². The van der Waals surface area contributed by atoms with Crippen molar-refractivity contribution in [2.75, 3.05) is 5.43 Å². The van der Waals surface area contributed by atoms with Crippen LogP contribution in [0.4, 0.5) is 14.5 Å². The molecule has 0 aliphatic rings. The first kappa shape index (κ1) is 13.8. The number of nitrogens with zero attached hydrogens (tertiary/aromatic N) is 1. The van der Waals surface area contributed by atoms with Gasteiger partial charge in [0, 0.05) is 11.6 Å². The minimum absolute atomic E-state index is 0.0563. The summed E-state index contributed by atoms with van der Waals surface area (Å²) in [7, 11) is 0. The molecule has 0 aliphatic carbocycles. The second kappa shape index (κ2) is 5.99. The third kappa shape index (κ3) is 3.43. The summed E-state index contributed by atoms with van der Waals surface area (Å²) in [6, 6.07) is 8.16. The van der Waals surface area contributed by atoms with Crippen LogP contribution in [0, 0.1) is 11.6 Å². The van der Waals surface area contributed by atoms with E-state index >= 15 is 0 Å². The second-order valence-corrected chi connectivity index (χ2v) is 4.44. The van der Waals surface area contributed by atoms with Crippen LogP contribution in [0.1, 0.15) is 5.56 Å². The fraction of sp³-hybridized carbons (Fsp3) is 0. The highest BCUT2D eigenvalue weighted by Gasteiger charge is 2.03. The summed E-state index contributed by atoms with van der Waals surface area (Å²) in [4.78, 5) is 0. The van der Waals surface area contributed by atoms with Crippen LogP contribution in [0.25, 0.3) is 0 Å². The molecule has 0 unspecified atom stereocenters. The molecule has 0 amide bonds. The number of hydrogen-bond donors (Lipinski definition) is 1. The SMILES string of the molecule is Fc1ccc(N/N=C/c2c(Cl)cccc2Cl)c(F)c1. The molecule has 2 aromatic rings. The molecule has 1 N–H and O–H groups in total. The number of nitrogens with one attached hydrogen (secondary N) is 1. The van der Waals surface area contributed by atoms with E-state index in [0.717, 1.165) is 12.1 Å². The van der Waals surface area contributed by atoms with Crippen molar-refractivity contribution in [2.24, 2.45) is 5.10 Å². The Morgan fingerprint density at radius 1 is 1.05 bits per heavy atom. The minimum atomic E-state index is -0.734. The molecule has 0 radical (unpaired) electrons. The van der Waals surface area contributed by atoms with E-state index in [1.165, 1.54) is 12.3 Å². The van der Waals surface area contributed by atoms with E-state index in [9.17, 15) is 8.78 Å². The normalized spacial score (nSPS) is 10.9. The Balaban J connectivity index is 2.16. The summed E-state index contributed by atoms with van der Waals surface area (Å²) in [5, 5.41) is 4.67. The van der Waals surface area contributed by atoms with Crippen LogP contribution in [0.5, 0.6) is 0 Å². The molecule has 0 aromatic heterocycles. The predicted molar refractivity (Wildman–Crippen MR) is 74.0 cm³/mol. The monoisotopic (exact) mass is 300 g/mol. The standard InChI is InChI=1S/C13H8Cl2F2N2/c14-10-2-1-3-11(15)9(10)7-18-19-13-5-4-8(16)6-12(13)17/h1-7,19H/b18-7+. The van der Waals surface area contributed by atoms with Crippen LogP contribution < -0.4 is 5.43 Å². The summed E-state index contributed by atoms with van der Waals surface area (Å²) < 4.78 is 26.0. The van der Waals surface area contributed by atoms with Gasteiger partial charge < -0.3 is 0 Å². The van der Waals surface area contributed by atoms with Gasteiger partial charge in [0.25, 0.3) is 0 Å². The van der Waals surface area contributed by atoms with Gasteiger partial charge >= 0.3 is 0 Å². The Bertz CT molecular complexity index is 610. The molecule has 0 bridgehead atoms. The number of hydrogen-bond acceptors (Lipinski definition) is 2. The average molecular weight is 301 g/mol. The number of halogens is 4. The molecule has 6 heteroatoms. The van der Waals surface area contributed by atoms with E-state index in [2.05, 4.69) is 10.5 Å². The number of rotatable bonds is 3. The van der Waals surface area contributed by atoms with Gasteiger partial charge in [-0.3, -0.25) is 5.43 Å². The lowest BCUT2D eigenvalue weighted by atomic mass is 10.2. The van der Waals surface area contributed by atoms with Crippen LogP contribution in [0.2, 0.25) is 10.0 Å². The van der Waals surface area contributed by atoms with Gasteiger partial charge in [-0.15, -0.1) is 0 Å². The van der Waals surface area contributed by atoms with E-state index in [-0.39, 0.29) is 5.69 Å². The number of anilines is 1. The van der Waals surface area contributed by atoms with Crippen LogP contribution in [0.15, 0.2) is 41.5 Å². The van der Waals surface area contributed by atoms with Crippen LogP contribution in [-0.2, 0) is 0 Å². The number of benzene rings is 2. The van der Waals surface area contributed by atoms with Crippen molar-refractivity contribution in [2.45, 2.75) is 0 Å². The highest BCUT2D eigenvalue weighted by molar-refractivity contribution is 6.38. The fourth-order valence-corrected chi connectivity index (χ4v) is 1.88. The van der Waals surface area contributed by atoms with Crippen molar-refractivity contribution >= 4 is 35.1 Å². The summed E-state index contributed by atoms with van der Waals surface area (Å²) in [5.74, 6) is -1.39. The molecular weight excluding hydrogens is 293 g/mol. The van der Waals surface area contributed by atoms with Crippen molar-refractivity contribution in [3.8, 4) is 0 Å². The molecule has 0 fully saturated rings. The van der Waals surface area contributed by atoms with E-state index in [4.69, 9.17) is 23.2 Å². The van der Waals surface area contributed by atoms with Gasteiger partial charge in [-0.25, -0.2) is 8.78 Å². The van der Waals surface area contributed by atoms with Crippen molar-refractivity contribution in [3.05, 3.63) is 63.6 Å². The Hall–Kier alpha value is -1.65. The first-order valence-corrected chi connectivity index (χ1v) is 6.01. The molecule has 19 heavy (non-hydrogen) atoms. The molecule has 2 nitrogen and oxygen atoms in total. The number of hydrazone groups is 1. The summed E-state index contributed by atoms with van der Waals surface area (Å²) >= 11 is 11.9. The maximum Gasteiger partial charge on any atom is 0.151 e. The molecule has 0 saturated carbocycles. The molecule has 0 spiro atoms. The van der Waals surface area contributed by atoms with Gasteiger partial charge in [-0.1, -0.05) is 29.3 Å². The molecule has 0 saturated heterocycles. The topological polar surface area (TPSA) is 24.4 Å². The highest BCUT2D eigenvalue weighted by Crippen LogP contribution is 2.22. The minimum Gasteiger partial charge on any atom is -0.276 e. The maximum atomic E-state index is 13.3. The van der Waals surface area contributed by atoms with Crippen molar-refractivity contribution in [3.63, 3.8) is 0 Å². The quantitative estimate of drug-likeness (QED) is 0.644. The van der Waals surface area contributed by atoms with Crippen molar-refractivity contribution in [1.29, 1.82) is 0 Å². The lowest BCUT2D eigenvalue weighted by molar-refractivity contribution is 0.585. The van der Waals surface area contributed by atoms with Gasteiger partial charge in [0.1, 0.15) is 5.82 Å². The second-order valence-electron chi connectivity index (χ2n) is 3.63. The molecule has 0 aliphatic heterocycles. The largest absolute Gasteiger partial charge is 0.276 e. The molecular formula is C13H8Cl2F2N2. The Labute approximate surface area is 118 Å². The van der Waals surface area contributed by atoms with E-state index < -0.39 is 11.6 Å². The van der Waals surface area contributed by atoms with Crippen LogP contribution in [-0.4, -0.2) is 6.21 Å². The third-order valence-corrected chi connectivity index (χ3v) is 2.97. The molecule has 0 heterocycles. The first-order valence-electron chi connectivity index (χ1n) is 5.26. The maximum absolute atomic E-state index is 13.3. The first-order chi connectivity index (χ1) is 9.08. The predicted octanol–water partition coefficient (Wildman–Crippen LogP) is 4.72. The van der Waals surface area contributed by atoms with Gasteiger partial charge in [0.2, 0.25) is 0 Å². The van der Waals surface area contributed by atoms with Gasteiger partial charge in [-0.2, -0.15) is 5.10 Å². The third-order valence-electron chi connectivity index (χ3n) is 2.31. The average Bonchev–Trinajstić information content (AvgIpc) is 2.35. The fourth-order valence-electron chi connectivity index (χ4n) is 1.38. The van der Waals surface area contributed by atoms with Gasteiger partial charge in [0.15, 0.2) is 5.82 Å². The summed E-state index contributed by atoms with van der Waals surface area (Å²) in [5.41, 5.74) is 3.02. The van der Waals surface area contributed by atoms with Gasteiger partial charge in [0.05, 0.1) is 21.9 Å². The van der Waals surface area contributed by atoms with Crippen molar-refractivity contribution in [1.82, 2.24) is 0 Å². The van der Waals surface area contributed by atoms with Gasteiger partial charge in [-0.05, 0) is 24.3 Å². The molecule has 98 valence electrons.